The van der Waals surface area contributed by atoms with Crippen LogP contribution in [0.1, 0.15) is 101 Å². The topological polar surface area (TPSA) is 81.9 Å². The van der Waals surface area contributed by atoms with Gasteiger partial charge in [-0.05, 0) is 54.0 Å². The fourth-order valence-corrected chi connectivity index (χ4v) is 4.82. The van der Waals surface area contributed by atoms with Crippen molar-refractivity contribution in [1.29, 1.82) is 0 Å². The van der Waals surface area contributed by atoms with Crippen LogP contribution < -0.4 is 5.73 Å². The minimum absolute atomic E-state index is 0.0579. The van der Waals surface area contributed by atoms with Gasteiger partial charge < -0.3 is 20.1 Å². The summed E-state index contributed by atoms with van der Waals surface area (Å²) in [4.78, 5) is 26.8. The highest BCUT2D eigenvalue weighted by atomic mass is 16.5. The zero-order valence-electron chi connectivity index (χ0n) is 23.4. The molecule has 0 radical (unpaired) electrons. The molecular weight excluding hydrogens is 416 g/mol. The van der Waals surface area contributed by atoms with E-state index < -0.39 is 0 Å². The van der Waals surface area contributed by atoms with Crippen molar-refractivity contribution in [3.05, 3.63) is 0 Å². The molecule has 0 amide bonds. The number of carbonyl (C=O) groups is 2. The first-order valence-electron chi connectivity index (χ1n) is 12.6. The van der Waals surface area contributed by atoms with Gasteiger partial charge >= 0.3 is 11.9 Å². The average Bonchev–Trinajstić information content (AvgIpc) is 2.60. The van der Waals surface area contributed by atoms with Gasteiger partial charge in [-0.15, -0.1) is 0 Å². The van der Waals surface area contributed by atoms with E-state index in [4.69, 9.17) is 15.2 Å². The van der Waals surface area contributed by atoms with E-state index in [2.05, 4.69) is 74.1 Å². The molecule has 0 aliphatic heterocycles. The van der Waals surface area contributed by atoms with E-state index in [9.17, 15) is 9.59 Å². The lowest BCUT2D eigenvalue weighted by Crippen LogP contribution is -2.33. The highest BCUT2D eigenvalue weighted by Gasteiger charge is 2.28. The van der Waals surface area contributed by atoms with Gasteiger partial charge in [-0.25, -0.2) is 0 Å². The Morgan fingerprint density at radius 1 is 0.667 bits per heavy atom. The molecule has 33 heavy (non-hydrogen) atoms. The second-order valence-corrected chi connectivity index (χ2v) is 13.6. The monoisotopic (exact) mass is 470 g/mol. The molecule has 0 atom stereocenters. The van der Waals surface area contributed by atoms with Crippen LogP contribution in [0.3, 0.4) is 0 Å². The van der Waals surface area contributed by atoms with Crippen molar-refractivity contribution < 1.29 is 19.1 Å². The van der Waals surface area contributed by atoms with Crippen molar-refractivity contribution in [2.24, 2.45) is 27.4 Å². The van der Waals surface area contributed by atoms with Gasteiger partial charge in [-0.3, -0.25) is 9.59 Å². The van der Waals surface area contributed by atoms with Crippen LogP contribution in [0.2, 0.25) is 0 Å². The largest absolute Gasteiger partial charge is 0.465 e. The minimum atomic E-state index is -0.193. The standard InChI is InChI=1S/C27H54N2O4/c1-24(2,3)18-26(7,8)20-32-22(30)12-16-29(15-11-14-28)17-13-23(31)33-21-27(9,10)19-25(4,5)6/h11-21,28H2,1-10H3. The summed E-state index contributed by atoms with van der Waals surface area (Å²) in [6.07, 6.45) is 3.39. The van der Waals surface area contributed by atoms with Gasteiger partial charge in [-0.1, -0.05) is 69.2 Å². The lowest BCUT2D eigenvalue weighted by atomic mass is 9.77. The third kappa shape index (κ3) is 18.9. The molecule has 0 heterocycles. The number of nitrogens with zero attached hydrogens (tertiary/aromatic N) is 1. The molecule has 0 aliphatic carbocycles. The van der Waals surface area contributed by atoms with E-state index in [0.717, 1.165) is 25.8 Å². The van der Waals surface area contributed by atoms with Gasteiger partial charge in [0, 0.05) is 13.1 Å². The van der Waals surface area contributed by atoms with Gasteiger partial charge in [0.05, 0.1) is 26.1 Å². The van der Waals surface area contributed by atoms with E-state index in [0.29, 0.717) is 45.7 Å². The predicted molar refractivity (Wildman–Crippen MR) is 137 cm³/mol. The summed E-state index contributed by atoms with van der Waals surface area (Å²) in [7, 11) is 0. The molecule has 0 fully saturated rings. The zero-order valence-corrected chi connectivity index (χ0v) is 23.4. The van der Waals surface area contributed by atoms with Crippen LogP contribution in [-0.2, 0) is 19.1 Å². The van der Waals surface area contributed by atoms with Gasteiger partial charge in [0.1, 0.15) is 0 Å². The highest BCUT2D eigenvalue weighted by Crippen LogP contribution is 2.34. The SMILES string of the molecule is CC(C)(C)CC(C)(C)COC(=O)CCN(CCCN)CCC(=O)OCC(C)(C)CC(C)(C)C. The van der Waals surface area contributed by atoms with Crippen molar-refractivity contribution in [2.45, 2.75) is 101 Å². The van der Waals surface area contributed by atoms with Gasteiger partial charge in [-0.2, -0.15) is 0 Å². The van der Waals surface area contributed by atoms with Crippen LogP contribution in [0.15, 0.2) is 0 Å². The molecule has 0 saturated carbocycles. The lowest BCUT2D eigenvalue weighted by Gasteiger charge is -2.32. The molecule has 0 aromatic heterocycles. The molecule has 0 saturated heterocycles. The second-order valence-electron chi connectivity index (χ2n) is 13.6. The number of esters is 2. The summed E-state index contributed by atoms with van der Waals surface area (Å²) < 4.78 is 11.1. The Bertz CT molecular complexity index is 538. The molecular formula is C27H54N2O4. The molecule has 0 unspecified atom stereocenters. The van der Waals surface area contributed by atoms with Crippen LogP contribution >= 0.6 is 0 Å². The first-order valence-corrected chi connectivity index (χ1v) is 12.6. The maximum absolute atomic E-state index is 12.3. The maximum Gasteiger partial charge on any atom is 0.307 e. The molecule has 6 heteroatoms. The smallest absolute Gasteiger partial charge is 0.307 e. The highest BCUT2D eigenvalue weighted by molar-refractivity contribution is 5.70. The van der Waals surface area contributed by atoms with Gasteiger partial charge in [0.25, 0.3) is 0 Å². The van der Waals surface area contributed by atoms with Gasteiger partial charge in [0.2, 0.25) is 0 Å². The average molecular weight is 471 g/mol. The number of hydrogen-bond acceptors (Lipinski definition) is 6. The van der Waals surface area contributed by atoms with Crippen molar-refractivity contribution in [3.8, 4) is 0 Å². The number of carbonyl (C=O) groups excluding carboxylic acids is 2. The van der Waals surface area contributed by atoms with Crippen LogP contribution in [0.5, 0.6) is 0 Å². The van der Waals surface area contributed by atoms with E-state index in [-0.39, 0.29) is 33.6 Å². The molecule has 0 bridgehead atoms. The summed E-state index contributed by atoms with van der Waals surface area (Å²) in [5.74, 6) is -0.387. The van der Waals surface area contributed by atoms with Crippen molar-refractivity contribution in [2.75, 3.05) is 39.4 Å². The first-order chi connectivity index (χ1) is 14.8. The van der Waals surface area contributed by atoms with E-state index >= 15 is 0 Å². The molecule has 196 valence electrons. The van der Waals surface area contributed by atoms with Crippen LogP contribution in [0.25, 0.3) is 0 Å². The molecule has 0 rings (SSSR count). The second kappa shape index (κ2) is 13.7. The molecule has 6 nitrogen and oxygen atoms in total. The minimum Gasteiger partial charge on any atom is -0.465 e. The third-order valence-corrected chi connectivity index (χ3v) is 5.21. The fraction of sp³-hybridized carbons (Fsp3) is 0.926. The number of nitrogens with two attached hydrogens (primary N) is 1. The normalized spacial score (nSPS) is 13.3. The Morgan fingerprint density at radius 2 is 1.03 bits per heavy atom. The van der Waals surface area contributed by atoms with E-state index in [1.54, 1.807) is 0 Å². The Kier molecular flexibility index (Phi) is 13.2. The summed E-state index contributed by atoms with van der Waals surface area (Å²) in [5.41, 5.74) is 5.93. The third-order valence-electron chi connectivity index (χ3n) is 5.21. The van der Waals surface area contributed by atoms with Crippen LogP contribution in [0, 0.1) is 21.7 Å². The van der Waals surface area contributed by atoms with Crippen LogP contribution in [-0.4, -0.2) is 56.2 Å². The van der Waals surface area contributed by atoms with Crippen molar-refractivity contribution in [3.63, 3.8) is 0 Å². The van der Waals surface area contributed by atoms with Gasteiger partial charge in [0.15, 0.2) is 0 Å². The number of rotatable bonds is 15. The van der Waals surface area contributed by atoms with Crippen LogP contribution in [0.4, 0.5) is 0 Å². The van der Waals surface area contributed by atoms with Crippen molar-refractivity contribution in [1.82, 2.24) is 4.90 Å². The number of ether oxygens (including phenoxy) is 2. The summed E-state index contributed by atoms with van der Waals surface area (Å²) in [5, 5.41) is 0. The Hall–Kier alpha value is -1.14. The molecule has 0 spiro atoms. The molecule has 0 aliphatic rings. The van der Waals surface area contributed by atoms with Crippen molar-refractivity contribution >= 4 is 11.9 Å². The maximum atomic E-state index is 12.3. The zero-order chi connectivity index (χ0) is 25.9. The number of hydrogen-bond donors (Lipinski definition) is 1. The molecule has 0 aromatic rings. The quantitative estimate of drug-likeness (QED) is 0.321. The Balaban J connectivity index is 4.52. The predicted octanol–water partition coefficient (Wildman–Crippen LogP) is 5.43. The molecule has 2 N–H and O–H groups in total. The lowest BCUT2D eigenvalue weighted by molar-refractivity contribution is -0.147. The Morgan fingerprint density at radius 3 is 1.33 bits per heavy atom. The summed E-state index contributed by atoms with van der Waals surface area (Å²) >= 11 is 0. The summed E-state index contributed by atoms with van der Waals surface area (Å²) in [6.45, 7) is 25.0. The first kappa shape index (κ1) is 31.9. The van der Waals surface area contributed by atoms with E-state index in [1.165, 1.54) is 0 Å². The fourth-order valence-electron chi connectivity index (χ4n) is 4.82. The molecule has 0 aromatic carbocycles. The Labute approximate surface area is 204 Å². The summed E-state index contributed by atoms with van der Waals surface area (Å²) in [6, 6.07) is 0. The van der Waals surface area contributed by atoms with E-state index in [1.807, 2.05) is 0 Å².